The van der Waals surface area contributed by atoms with E-state index < -0.39 is 0 Å². The van der Waals surface area contributed by atoms with Crippen LogP contribution < -0.4 is 9.47 Å². The van der Waals surface area contributed by atoms with Crippen LogP contribution in [-0.4, -0.2) is 30.6 Å². The Labute approximate surface area is 147 Å². The summed E-state index contributed by atoms with van der Waals surface area (Å²) in [4.78, 5) is 12.8. The number of nitro benzene ring substituents is 1. The molecular formula is C19H22N2O4. The van der Waals surface area contributed by atoms with Gasteiger partial charge in [-0.25, -0.2) is 0 Å². The van der Waals surface area contributed by atoms with Gasteiger partial charge in [-0.05, 0) is 43.1 Å². The first kappa shape index (κ1) is 17.2. The molecule has 0 aromatic heterocycles. The molecule has 1 saturated heterocycles. The molecule has 1 atom stereocenters. The third-order valence-electron chi connectivity index (χ3n) is 4.69. The second kappa shape index (κ2) is 7.53. The van der Waals surface area contributed by atoms with Crippen molar-refractivity contribution in [3.63, 3.8) is 0 Å². The SMILES string of the molecule is COc1ccc(OC)c(C2CCCN2Cc2ccc([N+](=O)[O-])cc2)c1. The molecule has 0 aliphatic carbocycles. The summed E-state index contributed by atoms with van der Waals surface area (Å²) in [5.74, 6) is 1.68. The summed E-state index contributed by atoms with van der Waals surface area (Å²) in [6.07, 6.45) is 2.16. The van der Waals surface area contributed by atoms with Crippen molar-refractivity contribution in [2.24, 2.45) is 0 Å². The summed E-state index contributed by atoms with van der Waals surface area (Å²) >= 11 is 0. The van der Waals surface area contributed by atoms with Crippen LogP contribution in [0.3, 0.4) is 0 Å². The summed E-state index contributed by atoms with van der Waals surface area (Å²) in [5, 5.41) is 10.8. The van der Waals surface area contributed by atoms with E-state index in [9.17, 15) is 10.1 Å². The highest BCUT2D eigenvalue weighted by molar-refractivity contribution is 5.43. The average molecular weight is 342 g/mol. The Bertz CT molecular complexity index is 746. The van der Waals surface area contributed by atoms with Crippen molar-refractivity contribution >= 4 is 5.69 Å². The van der Waals surface area contributed by atoms with Crippen molar-refractivity contribution in [2.45, 2.75) is 25.4 Å². The topological polar surface area (TPSA) is 64.8 Å². The predicted molar refractivity (Wildman–Crippen MR) is 95.0 cm³/mol. The highest BCUT2D eigenvalue weighted by Crippen LogP contribution is 2.39. The first-order valence-corrected chi connectivity index (χ1v) is 8.31. The van der Waals surface area contributed by atoms with Crippen LogP contribution >= 0.6 is 0 Å². The van der Waals surface area contributed by atoms with Gasteiger partial charge in [0.2, 0.25) is 0 Å². The molecular weight excluding hydrogens is 320 g/mol. The molecule has 1 fully saturated rings. The van der Waals surface area contributed by atoms with E-state index in [4.69, 9.17) is 9.47 Å². The van der Waals surface area contributed by atoms with E-state index in [0.717, 1.165) is 48.6 Å². The molecule has 2 aromatic rings. The zero-order chi connectivity index (χ0) is 17.8. The Morgan fingerprint density at radius 2 is 1.92 bits per heavy atom. The Hall–Kier alpha value is -2.60. The van der Waals surface area contributed by atoms with Crippen molar-refractivity contribution < 1.29 is 14.4 Å². The van der Waals surface area contributed by atoms with Crippen molar-refractivity contribution in [2.75, 3.05) is 20.8 Å². The molecule has 0 amide bonds. The summed E-state index contributed by atoms with van der Waals surface area (Å²) in [6, 6.07) is 12.9. The molecule has 25 heavy (non-hydrogen) atoms. The van der Waals surface area contributed by atoms with E-state index in [0.29, 0.717) is 0 Å². The minimum absolute atomic E-state index is 0.121. The van der Waals surface area contributed by atoms with Crippen LogP contribution in [0, 0.1) is 10.1 Å². The lowest BCUT2D eigenvalue weighted by Gasteiger charge is -2.26. The first-order chi connectivity index (χ1) is 12.1. The van der Waals surface area contributed by atoms with Crippen LogP contribution in [0.25, 0.3) is 0 Å². The molecule has 0 bridgehead atoms. The summed E-state index contributed by atoms with van der Waals surface area (Å²) < 4.78 is 10.9. The van der Waals surface area contributed by atoms with E-state index in [2.05, 4.69) is 4.90 Å². The normalized spacial score (nSPS) is 17.4. The van der Waals surface area contributed by atoms with Crippen molar-refractivity contribution in [1.82, 2.24) is 4.90 Å². The summed E-state index contributed by atoms with van der Waals surface area (Å²) in [7, 11) is 3.34. The smallest absolute Gasteiger partial charge is 0.269 e. The number of rotatable bonds is 6. The van der Waals surface area contributed by atoms with Gasteiger partial charge in [0.15, 0.2) is 0 Å². The predicted octanol–water partition coefficient (Wildman–Crippen LogP) is 3.95. The van der Waals surface area contributed by atoms with Gasteiger partial charge in [-0.2, -0.15) is 0 Å². The Morgan fingerprint density at radius 3 is 2.56 bits per heavy atom. The Kier molecular flexibility index (Phi) is 5.19. The van der Waals surface area contributed by atoms with Crippen LogP contribution in [0.15, 0.2) is 42.5 Å². The van der Waals surface area contributed by atoms with Crippen LogP contribution in [0.4, 0.5) is 5.69 Å². The number of non-ortho nitro benzene ring substituents is 1. The molecule has 0 spiro atoms. The summed E-state index contributed by atoms with van der Waals surface area (Å²) in [5.41, 5.74) is 2.32. The molecule has 132 valence electrons. The van der Waals surface area contributed by atoms with E-state index >= 15 is 0 Å². The third kappa shape index (κ3) is 3.74. The van der Waals surface area contributed by atoms with Gasteiger partial charge in [0.05, 0.1) is 19.1 Å². The third-order valence-corrected chi connectivity index (χ3v) is 4.69. The van der Waals surface area contributed by atoms with Gasteiger partial charge in [-0.3, -0.25) is 15.0 Å². The highest BCUT2D eigenvalue weighted by Gasteiger charge is 2.28. The molecule has 0 radical (unpaired) electrons. The van der Waals surface area contributed by atoms with Gasteiger partial charge in [0.1, 0.15) is 11.5 Å². The van der Waals surface area contributed by atoms with Crippen molar-refractivity contribution in [1.29, 1.82) is 0 Å². The molecule has 1 aliphatic rings. The Balaban J connectivity index is 1.82. The molecule has 6 nitrogen and oxygen atoms in total. The van der Waals surface area contributed by atoms with Gasteiger partial charge in [-0.1, -0.05) is 12.1 Å². The first-order valence-electron chi connectivity index (χ1n) is 8.31. The number of nitro groups is 1. The molecule has 1 unspecified atom stereocenters. The zero-order valence-electron chi connectivity index (χ0n) is 14.5. The second-order valence-electron chi connectivity index (χ2n) is 6.16. The lowest BCUT2D eigenvalue weighted by atomic mass is 10.0. The number of hydrogen-bond acceptors (Lipinski definition) is 5. The Morgan fingerprint density at radius 1 is 1.16 bits per heavy atom. The van der Waals surface area contributed by atoms with Crippen LogP contribution in [-0.2, 0) is 6.54 Å². The molecule has 3 rings (SSSR count). The molecule has 1 heterocycles. The van der Waals surface area contributed by atoms with Gasteiger partial charge in [-0.15, -0.1) is 0 Å². The molecule has 1 aliphatic heterocycles. The van der Waals surface area contributed by atoms with E-state index in [1.165, 1.54) is 0 Å². The lowest BCUT2D eigenvalue weighted by Crippen LogP contribution is -2.23. The fraction of sp³-hybridized carbons (Fsp3) is 0.368. The standard InChI is InChI=1S/C19H22N2O4/c1-24-16-9-10-19(25-2)17(12-16)18-4-3-11-20(18)13-14-5-7-15(8-6-14)21(22)23/h5-10,12,18H,3-4,11,13H2,1-2H3. The van der Waals surface area contributed by atoms with Gasteiger partial charge < -0.3 is 9.47 Å². The lowest BCUT2D eigenvalue weighted by molar-refractivity contribution is -0.384. The number of nitrogens with zero attached hydrogens (tertiary/aromatic N) is 2. The molecule has 6 heteroatoms. The van der Waals surface area contributed by atoms with E-state index in [-0.39, 0.29) is 16.7 Å². The zero-order valence-corrected chi connectivity index (χ0v) is 14.5. The maximum Gasteiger partial charge on any atom is 0.269 e. The van der Waals surface area contributed by atoms with Crippen molar-refractivity contribution in [3.8, 4) is 11.5 Å². The highest BCUT2D eigenvalue weighted by atomic mass is 16.6. The van der Waals surface area contributed by atoms with Crippen LogP contribution in [0.2, 0.25) is 0 Å². The van der Waals surface area contributed by atoms with Crippen molar-refractivity contribution in [3.05, 3.63) is 63.7 Å². The van der Waals surface area contributed by atoms with E-state index in [1.807, 2.05) is 30.3 Å². The minimum Gasteiger partial charge on any atom is -0.497 e. The second-order valence-corrected chi connectivity index (χ2v) is 6.16. The number of ether oxygens (including phenoxy) is 2. The fourth-order valence-electron chi connectivity index (χ4n) is 3.42. The van der Waals surface area contributed by atoms with Gasteiger partial charge in [0, 0.05) is 30.3 Å². The van der Waals surface area contributed by atoms with E-state index in [1.54, 1.807) is 26.4 Å². The van der Waals surface area contributed by atoms with Gasteiger partial charge in [0.25, 0.3) is 5.69 Å². The number of hydrogen-bond donors (Lipinski definition) is 0. The minimum atomic E-state index is -0.371. The monoisotopic (exact) mass is 342 g/mol. The summed E-state index contributed by atoms with van der Waals surface area (Å²) in [6.45, 7) is 1.74. The molecule has 0 N–H and O–H groups in total. The fourth-order valence-corrected chi connectivity index (χ4v) is 3.42. The largest absolute Gasteiger partial charge is 0.497 e. The van der Waals surface area contributed by atoms with Crippen LogP contribution in [0.1, 0.15) is 30.0 Å². The number of benzene rings is 2. The molecule has 0 saturated carbocycles. The average Bonchev–Trinajstić information content (AvgIpc) is 3.09. The van der Waals surface area contributed by atoms with Gasteiger partial charge >= 0.3 is 0 Å². The number of likely N-dealkylation sites (tertiary alicyclic amines) is 1. The molecule has 2 aromatic carbocycles. The maximum atomic E-state index is 10.8. The maximum absolute atomic E-state index is 10.8. The van der Waals surface area contributed by atoms with Crippen LogP contribution in [0.5, 0.6) is 11.5 Å². The quantitative estimate of drug-likeness (QED) is 0.587. The number of methoxy groups -OCH3 is 2.